The van der Waals surface area contributed by atoms with Gasteiger partial charge in [0, 0.05) is 36.5 Å². The average Bonchev–Trinajstić information content (AvgIpc) is 3.01. The fourth-order valence-electron chi connectivity index (χ4n) is 2.25. The molecule has 0 saturated carbocycles. The molecule has 1 aliphatic heterocycles. The van der Waals surface area contributed by atoms with Crippen LogP contribution in [-0.2, 0) is 4.79 Å². The van der Waals surface area contributed by atoms with E-state index in [4.69, 9.17) is 11.6 Å². The van der Waals surface area contributed by atoms with Gasteiger partial charge in [0.2, 0.25) is 5.91 Å². The molecule has 1 unspecified atom stereocenters. The Morgan fingerprint density at radius 1 is 1.39 bits per heavy atom. The van der Waals surface area contributed by atoms with Gasteiger partial charge in [-0.25, -0.2) is 0 Å². The monoisotopic (exact) mass is 377 g/mol. The maximum Gasteiger partial charge on any atom is 0.255 e. The number of amides is 2. The van der Waals surface area contributed by atoms with Gasteiger partial charge in [-0.05, 0) is 31.3 Å². The molecule has 1 atom stereocenters. The van der Waals surface area contributed by atoms with Gasteiger partial charge in [-0.1, -0.05) is 11.6 Å². The second kappa shape index (κ2) is 9.37. The lowest BCUT2D eigenvalue weighted by Crippen LogP contribution is -2.48. The number of nitrogens with zero attached hydrogens (tertiary/aromatic N) is 2. The van der Waals surface area contributed by atoms with Crippen LogP contribution in [0.5, 0.6) is 0 Å². The summed E-state index contributed by atoms with van der Waals surface area (Å²) in [5.41, 5.74) is 0.558. The number of benzene rings is 1. The van der Waals surface area contributed by atoms with Crippen LogP contribution in [0.25, 0.3) is 0 Å². The standard InChI is InChI=1S/C15H20ClN3O2S.ClH/c1-17-7-8-18(2)15(21)13-9-22-10-19(13)14(20)11-3-5-12(16)6-4-11;/h3-6,13,17H,7-10H2,1-2H3;1H. The van der Waals surface area contributed by atoms with E-state index in [-0.39, 0.29) is 24.2 Å². The molecule has 1 N–H and O–H groups in total. The third-order valence-electron chi connectivity index (χ3n) is 3.59. The zero-order chi connectivity index (χ0) is 16.1. The molecule has 1 aromatic carbocycles. The summed E-state index contributed by atoms with van der Waals surface area (Å²) in [5.74, 6) is 1.05. The van der Waals surface area contributed by atoms with Crippen LogP contribution in [0.2, 0.25) is 5.02 Å². The summed E-state index contributed by atoms with van der Waals surface area (Å²) in [4.78, 5) is 28.4. The van der Waals surface area contributed by atoms with E-state index in [1.54, 1.807) is 52.9 Å². The van der Waals surface area contributed by atoms with E-state index < -0.39 is 6.04 Å². The van der Waals surface area contributed by atoms with Crippen molar-refractivity contribution in [2.75, 3.05) is 38.8 Å². The molecular formula is C15H21Cl2N3O2S. The van der Waals surface area contributed by atoms with Crippen LogP contribution in [0.15, 0.2) is 24.3 Å². The smallest absolute Gasteiger partial charge is 0.255 e. The predicted octanol–water partition coefficient (Wildman–Crippen LogP) is 1.95. The molecule has 1 fully saturated rings. The molecule has 128 valence electrons. The second-order valence-electron chi connectivity index (χ2n) is 5.16. The van der Waals surface area contributed by atoms with Crippen molar-refractivity contribution in [2.24, 2.45) is 0 Å². The maximum absolute atomic E-state index is 12.6. The number of carbonyl (C=O) groups is 2. The molecule has 23 heavy (non-hydrogen) atoms. The Bertz CT molecular complexity index is 542. The highest BCUT2D eigenvalue weighted by Gasteiger charge is 2.36. The highest BCUT2D eigenvalue weighted by molar-refractivity contribution is 7.99. The molecule has 0 radical (unpaired) electrons. The first kappa shape index (κ1) is 20.1. The minimum atomic E-state index is -0.393. The average molecular weight is 378 g/mol. The van der Waals surface area contributed by atoms with Crippen molar-refractivity contribution in [2.45, 2.75) is 6.04 Å². The number of nitrogens with one attached hydrogen (secondary N) is 1. The molecule has 0 bridgehead atoms. The minimum absolute atomic E-state index is 0. The van der Waals surface area contributed by atoms with Crippen LogP contribution in [0.1, 0.15) is 10.4 Å². The first-order valence-electron chi connectivity index (χ1n) is 7.08. The number of likely N-dealkylation sites (N-methyl/N-ethyl adjacent to an activating group) is 2. The number of thioether (sulfide) groups is 1. The van der Waals surface area contributed by atoms with Crippen molar-refractivity contribution < 1.29 is 9.59 Å². The Kier molecular flexibility index (Phi) is 8.19. The van der Waals surface area contributed by atoms with Crippen LogP contribution < -0.4 is 5.32 Å². The van der Waals surface area contributed by atoms with E-state index in [0.29, 0.717) is 28.8 Å². The van der Waals surface area contributed by atoms with Crippen molar-refractivity contribution in [3.05, 3.63) is 34.9 Å². The molecule has 2 amide bonds. The van der Waals surface area contributed by atoms with Gasteiger partial charge < -0.3 is 15.1 Å². The summed E-state index contributed by atoms with van der Waals surface area (Å²) in [7, 11) is 3.62. The van der Waals surface area contributed by atoms with Gasteiger partial charge in [-0.15, -0.1) is 24.2 Å². The minimum Gasteiger partial charge on any atom is -0.343 e. The van der Waals surface area contributed by atoms with Gasteiger partial charge in [-0.2, -0.15) is 0 Å². The lowest BCUT2D eigenvalue weighted by atomic mass is 10.1. The Hall–Kier alpha value is -0.950. The lowest BCUT2D eigenvalue weighted by Gasteiger charge is -2.27. The SMILES string of the molecule is CNCCN(C)C(=O)C1CSCN1C(=O)c1ccc(Cl)cc1.Cl. The number of rotatable bonds is 5. The fraction of sp³-hybridized carbons (Fsp3) is 0.467. The zero-order valence-electron chi connectivity index (χ0n) is 13.1. The summed E-state index contributed by atoms with van der Waals surface area (Å²) >= 11 is 7.45. The molecule has 1 aliphatic rings. The normalized spacial score (nSPS) is 16.8. The third-order valence-corrected chi connectivity index (χ3v) is 4.86. The summed E-state index contributed by atoms with van der Waals surface area (Å²) < 4.78 is 0. The Labute approximate surface area is 152 Å². The van der Waals surface area contributed by atoms with Gasteiger partial charge in [0.15, 0.2) is 0 Å². The molecule has 2 rings (SSSR count). The van der Waals surface area contributed by atoms with Crippen molar-refractivity contribution >= 4 is 47.6 Å². The van der Waals surface area contributed by atoms with E-state index in [1.807, 2.05) is 7.05 Å². The quantitative estimate of drug-likeness (QED) is 0.851. The van der Waals surface area contributed by atoms with Gasteiger partial charge in [0.05, 0.1) is 5.88 Å². The van der Waals surface area contributed by atoms with Crippen LogP contribution in [0.3, 0.4) is 0 Å². The highest BCUT2D eigenvalue weighted by atomic mass is 35.5. The van der Waals surface area contributed by atoms with Gasteiger partial charge in [-0.3, -0.25) is 9.59 Å². The molecule has 5 nitrogen and oxygen atoms in total. The van der Waals surface area contributed by atoms with Crippen LogP contribution in [0, 0.1) is 0 Å². The first-order chi connectivity index (χ1) is 10.5. The summed E-state index contributed by atoms with van der Waals surface area (Å²) in [6.45, 7) is 1.35. The molecular weight excluding hydrogens is 357 g/mol. The van der Waals surface area contributed by atoms with Crippen LogP contribution in [0.4, 0.5) is 0 Å². The second-order valence-corrected chi connectivity index (χ2v) is 6.60. The third kappa shape index (κ3) is 5.01. The number of carbonyl (C=O) groups excluding carboxylic acids is 2. The van der Waals surface area contributed by atoms with E-state index in [1.165, 1.54) is 0 Å². The first-order valence-corrected chi connectivity index (χ1v) is 8.61. The Balaban J connectivity index is 0.00000264. The molecule has 0 aliphatic carbocycles. The van der Waals surface area contributed by atoms with Crippen molar-refractivity contribution in [3.8, 4) is 0 Å². The summed E-state index contributed by atoms with van der Waals surface area (Å²) in [5, 5.41) is 3.61. The Morgan fingerprint density at radius 2 is 2.04 bits per heavy atom. The molecule has 1 heterocycles. The van der Waals surface area contributed by atoms with E-state index in [0.717, 1.165) is 6.54 Å². The lowest BCUT2D eigenvalue weighted by molar-refractivity contribution is -0.133. The number of hydrogen-bond acceptors (Lipinski definition) is 4. The molecule has 1 saturated heterocycles. The molecule has 0 spiro atoms. The van der Waals surface area contributed by atoms with Gasteiger partial charge in [0.1, 0.15) is 6.04 Å². The maximum atomic E-state index is 12.6. The van der Waals surface area contributed by atoms with Crippen molar-refractivity contribution in [1.82, 2.24) is 15.1 Å². The predicted molar refractivity (Wildman–Crippen MR) is 97.5 cm³/mol. The highest BCUT2D eigenvalue weighted by Crippen LogP contribution is 2.24. The Morgan fingerprint density at radius 3 is 2.65 bits per heavy atom. The topological polar surface area (TPSA) is 52.7 Å². The number of halogens is 2. The molecule has 1 aromatic rings. The van der Waals surface area contributed by atoms with Crippen LogP contribution >= 0.6 is 35.8 Å². The zero-order valence-corrected chi connectivity index (χ0v) is 15.5. The molecule has 8 heteroatoms. The van der Waals surface area contributed by atoms with Gasteiger partial charge in [0.25, 0.3) is 5.91 Å². The van der Waals surface area contributed by atoms with Crippen LogP contribution in [-0.4, -0.2) is 66.5 Å². The van der Waals surface area contributed by atoms with E-state index >= 15 is 0 Å². The summed E-state index contributed by atoms with van der Waals surface area (Å²) in [6, 6.07) is 6.37. The fourth-order valence-corrected chi connectivity index (χ4v) is 3.52. The van der Waals surface area contributed by atoms with E-state index in [2.05, 4.69) is 5.32 Å². The summed E-state index contributed by atoms with van der Waals surface area (Å²) in [6.07, 6.45) is 0. The molecule has 0 aromatic heterocycles. The van der Waals surface area contributed by atoms with Crippen molar-refractivity contribution in [3.63, 3.8) is 0 Å². The van der Waals surface area contributed by atoms with Crippen molar-refractivity contribution in [1.29, 1.82) is 0 Å². The largest absolute Gasteiger partial charge is 0.343 e. The number of hydrogen-bond donors (Lipinski definition) is 1. The van der Waals surface area contributed by atoms with E-state index in [9.17, 15) is 9.59 Å². The van der Waals surface area contributed by atoms with Gasteiger partial charge >= 0.3 is 0 Å².